The molecule has 3 aliphatic rings. The van der Waals surface area contributed by atoms with Crippen LogP contribution in [0.2, 0.25) is 0 Å². The fraction of sp³-hybridized carbons (Fsp3) is 0.600. The van der Waals surface area contributed by atoms with E-state index in [4.69, 9.17) is 4.42 Å². The zero-order valence-corrected chi connectivity index (χ0v) is 19.7. The molecule has 2 N–H and O–H groups in total. The standard InChI is InChI=1S/C25H30F4N4O2/c1-14-11-17(12-18(26)20(14)31-21-15-5-4-6-16(21)8-7-15)30-23(34)22-19(13-25(27,28)29)35-24(32-22)33-9-2-3-10-33/h11-12,15-16,21,31H,2-10,13H2,1H3,(H,30,34). The van der Waals surface area contributed by atoms with Gasteiger partial charge in [-0.25, -0.2) is 4.39 Å². The Balaban J connectivity index is 1.35. The van der Waals surface area contributed by atoms with E-state index >= 15 is 4.39 Å². The van der Waals surface area contributed by atoms with Crippen LogP contribution in [-0.2, 0) is 6.42 Å². The van der Waals surface area contributed by atoms with Gasteiger partial charge in [0.05, 0.1) is 5.69 Å². The van der Waals surface area contributed by atoms with Gasteiger partial charge in [0.1, 0.15) is 18.0 Å². The zero-order chi connectivity index (χ0) is 24.7. The summed E-state index contributed by atoms with van der Waals surface area (Å²) in [6.07, 6.45) is 1.63. The second-order valence-electron chi connectivity index (χ2n) is 10.1. The van der Waals surface area contributed by atoms with Crippen LogP contribution in [-0.4, -0.2) is 36.2 Å². The second-order valence-corrected chi connectivity index (χ2v) is 10.1. The Hall–Kier alpha value is -2.78. The summed E-state index contributed by atoms with van der Waals surface area (Å²) in [6, 6.07) is 3.08. The van der Waals surface area contributed by atoms with Gasteiger partial charge in [-0.3, -0.25) is 4.79 Å². The van der Waals surface area contributed by atoms with Crippen LogP contribution in [0.1, 0.15) is 66.8 Å². The number of carbonyl (C=O) groups excluding carboxylic acids is 1. The van der Waals surface area contributed by atoms with Crippen LogP contribution < -0.4 is 15.5 Å². The minimum atomic E-state index is -4.56. The number of alkyl halides is 3. The molecule has 0 spiro atoms. The lowest BCUT2D eigenvalue weighted by Gasteiger charge is -2.32. The molecule has 1 saturated heterocycles. The molecule has 6 nitrogen and oxygen atoms in total. The van der Waals surface area contributed by atoms with Gasteiger partial charge in [0.15, 0.2) is 5.69 Å². The second kappa shape index (κ2) is 9.35. The van der Waals surface area contributed by atoms with Crippen molar-refractivity contribution in [3.63, 3.8) is 0 Å². The first-order valence-corrected chi connectivity index (χ1v) is 12.4. The number of aromatic nitrogens is 1. The lowest BCUT2D eigenvalue weighted by molar-refractivity contribution is -0.130. The van der Waals surface area contributed by atoms with E-state index in [2.05, 4.69) is 15.6 Å². The molecule has 2 atom stereocenters. The number of halogens is 4. The molecule has 2 aromatic rings. The zero-order valence-electron chi connectivity index (χ0n) is 19.7. The summed E-state index contributed by atoms with van der Waals surface area (Å²) < 4.78 is 59.8. The number of rotatable bonds is 6. The predicted octanol–water partition coefficient (Wildman–Crippen LogP) is 6.07. The number of nitrogens with one attached hydrogen (secondary N) is 2. The molecular formula is C25H30F4N4O2. The highest BCUT2D eigenvalue weighted by Crippen LogP contribution is 2.44. The number of carbonyl (C=O) groups is 1. The third kappa shape index (κ3) is 5.11. The predicted molar refractivity (Wildman–Crippen MR) is 124 cm³/mol. The lowest BCUT2D eigenvalue weighted by Crippen LogP contribution is -2.34. The molecule has 0 radical (unpaired) electrons. The van der Waals surface area contributed by atoms with Crippen molar-refractivity contribution in [2.75, 3.05) is 28.6 Å². The summed E-state index contributed by atoms with van der Waals surface area (Å²) in [7, 11) is 0. The topological polar surface area (TPSA) is 70.4 Å². The fourth-order valence-corrected chi connectivity index (χ4v) is 5.92. The fourth-order valence-electron chi connectivity index (χ4n) is 5.92. The average molecular weight is 495 g/mol. The van der Waals surface area contributed by atoms with E-state index in [1.807, 2.05) is 0 Å². The number of nitrogens with zero attached hydrogens (tertiary/aromatic N) is 2. The van der Waals surface area contributed by atoms with Gasteiger partial charge >= 0.3 is 6.18 Å². The van der Waals surface area contributed by atoms with Gasteiger partial charge in [0, 0.05) is 24.8 Å². The summed E-state index contributed by atoms with van der Waals surface area (Å²) in [4.78, 5) is 18.7. The molecule has 2 aliphatic carbocycles. The molecule has 2 bridgehead atoms. The number of anilines is 3. The van der Waals surface area contributed by atoms with Gasteiger partial charge in [0.25, 0.3) is 11.9 Å². The average Bonchev–Trinajstić information content (AvgIpc) is 3.48. The summed E-state index contributed by atoms with van der Waals surface area (Å²) in [5.41, 5.74) is 0.773. The van der Waals surface area contributed by atoms with Crippen molar-refractivity contribution in [1.29, 1.82) is 0 Å². The van der Waals surface area contributed by atoms with Crippen LogP contribution in [0.5, 0.6) is 0 Å². The molecule has 1 aromatic heterocycles. The maximum Gasteiger partial charge on any atom is 0.396 e. The van der Waals surface area contributed by atoms with Gasteiger partial charge in [0.2, 0.25) is 0 Å². The third-order valence-corrected chi connectivity index (χ3v) is 7.57. The number of amides is 1. The highest BCUT2D eigenvalue weighted by Gasteiger charge is 2.39. The SMILES string of the molecule is Cc1cc(NC(=O)c2nc(N3CCCC3)oc2CC(F)(F)F)cc(F)c1NC1C2CCCC1CC2. The van der Waals surface area contributed by atoms with Gasteiger partial charge in [-0.05, 0) is 75.0 Å². The van der Waals surface area contributed by atoms with Gasteiger partial charge < -0.3 is 20.0 Å². The van der Waals surface area contributed by atoms with Crippen LogP contribution in [0.4, 0.5) is 35.0 Å². The quantitative estimate of drug-likeness (QED) is 0.477. The molecule has 35 heavy (non-hydrogen) atoms. The van der Waals surface area contributed by atoms with Gasteiger partial charge in [-0.15, -0.1) is 0 Å². The van der Waals surface area contributed by atoms with Crippen LogP contribution >= 0.6 is 0 Å². The Kier molecular flexibility index (Phi) is 6.40. The summed E-state index contributed by atoms with van der Waals surface area (Å²) in [5.74, 6) is -0.797. The van der Waals surface area contributed by atoms with E-state index in [0.717, 1.165) is 38.5 Å². The first kappa shape index (κ1) is 23.9. The molecule has 2 saturated carbocycles. The smallest absolute Gasteiger partial charge is 0.396 e. The molecule has 2 unspecified atom stereocenters. The molecule has 5 rings (SSSR count). The van der Waals surface area contributed by atoms with E-state index in [1.165, 1.54) is 12.5 Å². The molecule has 1 amide bonds. The van der Waals surface area contributed by atoms with Gasteiger partial charge in [-0.1, -0.05) is 6.42 Å². The third-order valence-electron chi connectivity index (χ3n) is 7.57. The molecule has 1 aliphatic heterocycles. The highest BCUT2D eigenvalue weighted by molar-refractivity contribution is 6.04. The Morgan fingerprint density at radius 2 is 1.80 bits per heavy atom. The van der Waals surface area contributed by atoms with E-state index in [0.29, 0.717) is 36.2 Å². The molecule has 10 heteroatoms. The largest absolute Gasteiger partial charge is 0.427 e. The maximum atomic E-state index is 15.1. The minimum absolute atomic E-state index is 0.0101. The van der Waals surface area contributed by atoms with Crippen molar-refractivity contribution >= 4 is 23.3 Å². The molecule has 2 heterocycles. The molecule has 3 fully saturated rings. The summed E-state index contributed by atoms with van der Waals surface area (Å²) in [6.45, 7) is 2.96. The van der Waals surface area contributed by atoms with Crippen molar-refractivity contribution < 1.29 is 26.8 Å². The Labute approximate surface area is 201 Å². The Morgan fingerprint density at radius 1 is 1.11 bits per heavy atom. The number of aryl methyl sites for hydroxylation is 1. The van der Waals surface area contributed by atoms with E-state index in [1.54, 1.807) is 17.9 Å². The monoisotopic (exact) mass is 494 g/mol. The van der Waals surface area contributed by atoms with Crippen molar-refractivity contribution in [1.82, 2.24) is 4.98 Å². The number of hydrogen-bond donors (Lipinski definition) is 2. The minimum Gasteiger partial charge on any atom is -0.427 e. The van der Waals surface area contributed by atoms with Crippen LogP contribution in [0, 0.1) is 24.6 Å². The Morgan fingerprint density at radius 3 is 2.43 bits per heavy atom. The summed E-state index contributed by atoms with van der Waals surface area (Å²) >= 11 is 0. The number of hydrogen-bond acceptors (Lipinski definition) is 5. The first-order chi connectivity index (χ1) is 16.7. The van der Waals surface area contributed by atoms with E-state index in [9.17, 15) is 18.0 Å². The van der Waals surface area contributed by atoms with Crippen LogP contribution in [0.25, 0.3) is 0 Å². The van der Waals surface area contributed by atoms with Crippen molar-refractivity contribution in [3.8, 4) is 0 Å². The summed E-state index contributed by atoms with van der Waals surface area (Å²) in [5, 5.41) is 5.93. The first-order valence-electron chi connectivity index (χ1n) is 12.4. The highest BCUT2D eigenvalue weighted by atomic mass is 19.4. The number of oxazole rings is 1. The van der Waals surface area contributed by atoms with E-state index in [-0.39, 0.29) is 17.7 Å². The number of benzene rings is 1. The molecule has 190 valence electrons. The normalized spacial score (nSPS) is 24.1. The molecular weight excluding hydrogens is 464 g/mol. The lowest BCUT2D eigenvalue weighted by atomic mass is 9.84. The number of fused-ring (bicyclic) bond motifs is 2. The maximum absolute atomic E-state index is 15.1. The van der Waals surface area contributed by atoms with Crippen molar-refractivity contribution in [3.05, 3.63) is 35.0 Å². The Bertz CT molecular complexity index is 1050. The van der Waals surface area contributed by atoms with Crippen LogP contribution in [0.15, 0.2) is 16.5 Å². The van der Waals surface area contributed by atoms with Crippen molar-refractivity contribution in [2.45, 2.75) is 70.5 Å². The van der Waals surface area contributed by atoms with E-state index < -0.39 is 35.8 Å². The van der Waals surface area contributed by atoms with Crippen molar-refractivity contribution in [2.24, 2.45) is 11.8 Å². The van der Waals surface area contributed by atoms with Gasteiger partial charge in [-0.2, -0.15) is 18.2 Å². The molecule has 1 aromatic carbocycles. The van der Waals surface area contributed by atoms with Crippen LogP contribution in [0.3, 0.4) is 0 Å².